The summed E-state index contributed by atoms with van der Waals surface area (Å²) in [5.74, 6) is 1.30. The van der Waals surface area contributed by atoms with Gasteiger partial charge in [-0.2, -0.15) is 0 Å². The molecule has 0 bridgehead atoms. The first-order chi connectivity index (χ1) is 7.88. The van der Waals surface area contributed by atoms with Crippen LogP contribution in [-0.2, 0) is 4.74 Å². The lowest BCUT2D eigenvalue weighted by Gasteiger charge is -2.28. The van der Waals surface area contributed by atoms with E-state index in [1.54, 1.807) is 0 Å². The molecule has 3 fully saturated rings. The van der Waals surface area contributed by atoms with Gasteiger partial charge in [-0.05, 0) is 44.4 Å². The molecule has 2 saturated carbocycles. The fourth-order valence-electron chi connectivity index (χ4n) is 4.30. The lowest BCUT2D eigenvalue weighted by molar-refractivity contribution is 0.00193. The summed E-state index contributed by atoms with van der Waals surface area (Å²) < 4.78 is 6.10. The molecule has 96 valence electrons. The van der Waals surface area contributed by atoms with Gasteiger partial charge in [0.25, 0.3) is 0 Å². The maximum atomic E-state index is 10.6. The van der Waals surface area contributed by atoms with E-state index in [4.69, 9.17) is 4.74 Å². The molecule has 0 aromatic heterocycles. The number of ether oxygens (including phenoxy) is 1. The molecule has 2 nitrogen and oxygen atoms in total. The Balaban J connectivity index is 1.96. The summed E-state index contributed by atoms with van der Waals surface area (Å²) in [6.45, 7) is 10.7. The number of fused-ring (bicyclic) bond motifs is 3. The number of allylic oxidation sites excluding steroid dienone is 1. The largest absolute Gasteiger partial charge is 0.390 e. The van der Waals surface area contributed by atoms with Crippen LogP contribution in [0.4, 0.5) is 0 Å². The summed E-state index contributed by atoms with van der Waals surface area (Å²) in [4.78, 5) is 0. The maximum Gasteiger partial charge on any atom is 0.0978 e. The molecule has 1 heterocycles. The smallest absolute Gasteiger partial charge is 0.0978 e. The van der Waals surface area contributed by atoms with Gasteiger partial charge >= 0.3 is 0 Å². The molecule has 5 atom stereocenters. The maximum absolute atomic E-state index is 10.6. The second-order valence-electron chi connectivity index (χ2n) is 6.83. The van der Waals surface area contributed by atoms with E-state index in [0.29, 0.717) is 11.8 Å². The number of rotatable bonds is 1. The van der Waals surface area contributed by atoms with Crippen molar-refractivity contribution in [3.63, 3.8) is 0 Å². The van der Waals surface area contributed by atoms with Crippen LogP contribution in [0.1, 0.15) is 46.5 Å². The highest BCUT2D eigenvalue weighted by molar-refractivity contribution is 5.23. The van der Waals surface area contributed by atoms with Crippen molar-refractivity contribution < 1.29 is 9.84 Å². The third-order valence-electron chi connectivity index (χ3n) is 5.55. The fraction of sp³-hybridized carbons (Fsp3) is 0.867. The second-order valence-corrected chi connectivity index (χ2v) is 6.83. The molecule has 1 saturated heterocycles. The van der Waals surface area contributed by atoms with Crippen LogP contribution in [0.2, 0.25) is 0 Å². The molecule has 0 radical (unpaired) electrons. The van der Waals surface area contributed by atoms with E-state index in [0.717, 1.165) is 25.7 Å². The van der Waals surface area contributed by atoms with Crippen LogP contribution in [0.3, 0.4) is 0 Å². The molecule has 0 aromatic rings. The molecule has 3 aliphatic rings. The van der Waals surface area contributed by atoms with E-state index in [1.807, 2.05) is 6.92 Å². The first-order valence-electron chi connectivity index (χ1n) is 6.96. The van der Waals surface area contributed by atoms with Crippen molar-refractivity contribution in [3.8, 4) is 0 Å². The lowest BCUT2D eigenvalue weighted by Crippen LogP contribution is -2.38. The van der Waals surface area contributed by atoms with Gasteiger partial charge in [-0.25, -0.2) is 0 Å². The van der Waals surface area contributed by atoms with Gasteiger partial charge in [0, 0.05) is 5.92 Å². The molecule has 5 unspecified atom stereocenters. The monoisotopic (exact) mass is 236 g/mol. The predicted octanol–water partition coefficient (Wildman–Crippen LogP) is 2.91. The highest BCUT2D eigenvalue weighted by Gasteiger charge is 2.68. The Hall–Kier alpha value is -0.340. The molecule has 2 aliphatic carbocycles. The van der Waals surface area contributed by atoms with Gasteiger partial charge in [-0.1, -0.05) is 26.0 Å². The fourth-order valence-corrected chi connectivity index (χ4v) is 4.30. The topological polar surface area (TPSA) is 32.8 Å². The molecule has 1 N–H and O–H groups in total. The van der Waals surface area contributed by atoms with Crippen molar-refractivity contribution in [2.24, 2.45) is 17.8 Å². The zero-order valence-electron chi connectivity index (χ0n) is 11.2. The molecule has 0 spiro atoms. The molecule has 3 rings (SSSR count). The number of hydrogen-bond donors (Lipinski definition) is 1. The van der Waals surface area contributed by atoms with E-state index >= 15 is 0 Å². The molecular weight excluding hydrogens is 212 g/mol. The van der Waals surface area contributed by atoms with Crippen LogP contribution in [0.15, 0.2) is 12.2 Å². The SMILES string of the molecule is C=C1CCC2(C(C)C)OC2C2C1CCC2(C)O. The third-order valence-corrected chi connectivity index (χ3v) is 5.55. The Morgan fingerprint density at radius 2 is 2.12 bits per heavy atom. The summed E-state index contributed by atoms with van der Waals surface area (Å²) in [6.07, 6.45) is 4.42. The van der Waals surface area contributed by atoms with Crippen LogP contribution in [-0.4, -0.2) is 22.4 Å². The number of epoxide rings is 1. The summed E-state index contributed by atoms with van der Waals surface area (Å²) in [7, 11) is 0. The molecule has 17 heavy (non-hydrogen) atoms. The van der Waals surface area contributed by atoms with E-state index in [9.17, 15) is 5.11 Å². The van der Waals surface area contributed by atoms with Crippen LogP contribution >= 0.6 is 0 Å². The normalized spacial score (nSPS) is 53.2. The minimum absolute atomic E-state index is 0.0384. The van der Waals surface area contributed by atoms with Crippen LogP contribution in [0.5, 0.6) is 0 Å². The highest BCUT2D eigenvalue weighted by Crippen LogP contribution is 2.61. The predicted molar refractivity (Wildman–Crippen MR) is 67.7 cm³/mol. The van der Waals surface area contributed by atoms with Crippen LogP contribution in [0.25, 0.3) is 0 Å². The van der Waals surface area contributed by atoms with Gasteiger partial charge in [-0.15, -0.1) is 0 Å². The summed E-state index contributed by atoms with van der Waals surface area (Å²) in [5, 5.41) is 10.6. The second kappa shape index (κ2) is 3.36. The van der Waals surface area contributed by atoms with E-state index in [1.165, 1.54) is 5.57 Å². The molecule has 1 aliphatic heterocycles. The summed E-state index contributed by atoms with van der Waals surface area (Å²) in [6, 6.07) is 0. The Labute approximate surface area is 104 Å². The number of aliphatic hydroxyl groups is 1. The molecule has 0 aromatic carbocycles. The zero-order chi connectivity index (χ0) is 12.4. The van der Waals surface area contributed by atoms with Crippen molar-refractivity contribution in [2.75, 3.05) is 0 Å². The number of hydrogen-bond acceptors (Lipinski definition) is 2. The van der Waals surface area contributed by atoms with Gasteiger partial charge in [-0.3, -0.25) is 0 Å². The van der Waals surface area contributed by atoms with Gasteiger partial charge in [0.1, 0.15) is 0 Å². The first kappa shape index (κ1) is 11.7. The standard InChI is InChI=1S/C15H24O2/c1-9(2)15-8-5-10(3)11-6-7-14(4,16)12(11)13(15)17-15/h9,11-13,16H,3,5-8H2,1-2,4H3. The molecule has 2 heteroatoms. The third kappa shape index (κ3) is 1.47. The van der Waals surface area contributed by atoms with Crippen molar-refractivity contribution in [3.05, 3.63) is 12.2 Å². The Bertz CT molecular complexity index is 358. The first-order valence-corrected chi connectivity index (χ1v) is 6.96. The van der Waals surface area contributed by atoms with E-state index < -0.39 is 5.60 Å². The van der Waals surface area contributed by atoms with E-state index in [2.05, 4.69) is 20.4 Å². The van der Waals surface area contributed by atoms with Crippen LogP contribution < -0.4 is 0 Å². The Kier molecular flexibility index (Phi) is 2.32. The van der Waals surface area contributed by atoms with Crippen molar-refractivity contribution in [1.82, 2.24) is 0 Å². The highest BCUT2D eigenvalue weighted by atomic mass is 16.6. The quantitative estimate of drug-likeness (QED) is 0.561. The van der Waals surface area contributed by atoms with Gasteiger partial charge in [0.15, 0.2) is 0 Å². The average molecular weight is 236 g/mol. The minimum atomic E-state index is -0.556. The average Bonchev–Trinajstić information content (AvgIpc) is 2.88. The lowest BCUT2D eigenvalue weighted by atomic mass is 9.77. The van der Waals surface area contributed by atoms with Gasteiger partial charge in [0.2, 0.25) is 0 Å². The van der Waals surface area contributed by atoms with Crippen LogP contribution in [0, 0.1) is 17.8 Å². The Morgan fingerprint density at radius 3 is 2.76 bits per heavy atom. The van der Waals surface area contributed by atoms with Crippen molar-refractivity contribution in [2.45, 2.75) is 63.8 Å². The minimum Gasteiger partial charge on any atom is -0.390 e. The van der Waals surface area contributed by atoms with Crippen molar-refractivity contribution >= 4 is 0 Å². The van der Waals surface area contributed by atoms with Crippen molar-refractivity contribution in [1.29, 1.82) is 0 Å². The Morgan fingerprint density at radius 1 is 1.41 bits per heavy atom. The van der Waals surface area contributed by atoms with Gasteiger partial charge < -0.3 is 9.84 Å². The zero-order valence-corrected chi connectivity index (χ0v) is 11.2. The summed E-state index contributed by atoms with van der Waals surface area (Å²) in [5.41, 5.74) is 0.833. The van der Waals surface area contributed by atoms with Gasteiger partial charge in [0.05, 0.1) is 17.3 Å². The molecule has 0 amide bonds. The summed E-state index contributed by atoms with van der Waals surface area (Å²) >= 11 is 0. The van der Waals surface area contributed by atoms with E-state index in [-0.39, 0.29) is 17.6 Å². The molecular formula is C15H24O2.